The number of para-hydroxylation sites is 1. The molecule has 0 N–H and O–H groups in total. The van der Waals surface area contributed by atoms with E-state index in [9.17, 15) is 4.79 Å². The minimum atomic E-state index is -0.135. The van der Waals surface area contributed by atoms with Crippen molar-refractivity contribution in [1.29, 1.82) is 0 Å². The summed E-state index contributed by atoms with van der Waals surface area (Å²) in [5.74, 6) is -0.135. The fourth-order valence-electron chi connectivity index (χ4n) is 2.16. The Morgan fingerprint density at radius 1 is 1.21 bits per heavy atom. The monoisotopic (exact) mass is 318 g/mol. The summed E-state index contributed by atoms with van der Waals surface area (Å²) in [5, 5.41) is 9.25. The molecule has 1 aromatic carbocycles. The van der Waals surface area contributed by atoms with E-state index in [1.54, 1.807) is 22.6 Å². The number of carbonyl (C=O) groups is 1. The topological polar surface area (TPSA) is 52.7 Å². The highest BCUT2D eigenvalue weighted by atomic mass is 79.9. The molecule has 0 atom stereocenters. The molecule has 0 spiro atoms. The van der Waals surface area contributed by atoms with Gasteiger partial charge in [-0.1, -0.05) is 18.2 Å². The molecule has 0 fully saturated rings. The Bertz CT molecular complexity index is 768. The third-order valence-electron chi connectivity index (χ3n) is 3.08. The molecule has 3 aromatic rings. The average Bonchev–Trinajstić information content (AvgIpc) is 2.91. The van der Waals surface area contributed by atoms with Gasteiger partial charge in [0.05, 0.1) is 16.2 Å². The van der Waals surface area contributed by atoms with Gasteiger partial charge in [0, 0.05) is 19.5 Å². The van der Waals surface area contributed by atoms with Crippen molar-refractivity contribution < 1.29 is 4.79 Å². The molecule has 2 heterocycles. The first kappa shape index (κ1) is 12.1. The van der Waals surface area contributed by atoms with Crippen LogP contribution in [-0.4, -0.2) is 25.3 Å². The number of halogens is 1. The Labute approximate surface area is 118 Å². The first-order chi connectivity index (χ1) is 9.09. The summed E-state index contributed by atoms with van der Waals surface area (Å²) >= 11 is 3.35. The molecule has 19 heavy (non-hydrogen) atoms. The zero-order valence-corrected chi connectivity index (χ0v) is 12.0. The number of nitrogens with zero attached hydrogens (tertiary/aromatic N) is 4. The van der Waals surface area contributed by atoms with Gasteiger partial charge in [0.25, 0.3) is 0 Å². The predicted molar refractivity (Wildman–Crippen MR) is 75.1 cm³/mol. The molecule has 0 aliphatic rings. The number of carbonyl (C=O) groups excluding carboxylic acids is 1. The van der Waals surface area contributed by atoms with E-state index in [2.05, 4.69) is 26.1 Å². The summed E-state index contributed by atoms with van der Waals surface area (Å²) < 4.78 is 3.94. The molecule has 0 aliphatic carbocycles. The largest absolute Gasteiger partial charge is 0.285 e. The van der Waals surface area contributed by atoms with Crippen LogP contribution in [0.4, 0.5) is 0 Å². The summed E-state index contributed by atoms with van der Waals surface area (Å²) in [6, 6.07) is 7.68. The molecule has 0 amide bonds. The van der Waals surface area contributed by atoms with Gasteiger partial charge in [-0.2, -0.15) is 10.2 Å². The Kier molecular flexibility index (Phi) is 2.74. The second-order valence-corrected chi connectivity index (χ2v) is 5.14. The lowest BCUT2D eigenvalue weighted by Crippen LogP contribution is -2.10. The second-order valence-electron chi connectivity index (χ2n) is 4.28. The lowest BCUT2D eigenvalue weighted by molar-refractivity contribution is 0.102. The Balaban J connectivity index is 2.23. The highest BCUT2D eigenvalue weighted by Gasteiger charge is 2.22. The van der Waals surface area contributed by atoms with Gasteiger partial charge in [-0.25, -0.2) is 0 Å². The minimum absolute atomic E-state index is 0.135. The van der Waals surface area contributed by atoms with E-state index in [0.29, 0.717) is 15.9 Å². The van der Waals surface area contributed by atoms with Crippen LogP contribution < -0.4 is 0 Å². The number of fused-ring (bicyclic) bond motifs is 1. The van der Waals surface area contributed by atoms with Crippen LogP contribution in [0.25, 0.3) is 10.9 Å². The first-order valence-corrected chi connectivity index (χ1v) is 6.53. The Morgan fingerprint density at radius 3 is 2.63 bits per heavy atom. The third kappa shape index (κ3) is 1.79. The Morgan fingerprint density at radius 2 is 1.95 bits per heavy atom. The predicted octanol–water partition coefficient (Wildman–Crippen LogP) is 2.30. The van der Waals surface area contributed by atoms with Crippen LogP contribution in [0, 0.1) is 0 Å². The number of hydrogen-bond donors (Lipinski definition) is 0. The summed E-state index contributed by atoms with van der Waals surface area (Å²) in [5.41, 5.74) is 1.88. The lowest BCUT2D eigenvalue weighted by atomic mass is 10.1. The summed E-state index contributed by atoms with van der Waals surface area (Å²) in [6.07, 6.45) is 1.61. The molecule has 6 heteroatoms. The van der Waals surface area contributed by atoms with E-state index in [4.69, 9.17) is 0 Å². The van der Waals surface area contributed by atoms with Crippen molar-refractivity contribution in [2.24, 2.45) is 14.1 Å². The normalized spacial score (nSPS) is 11.1. The molecular formula is C13H11BrN4O. The van der Waals surface area contributed by atoms with Crippen molar-refractivity contribution in [2.45, 2.75) is 0 Å². The van der Waals surface area contributed by atoms with Crippen molar-refractivity contribution in [1.82, 2.24) is 19.6 Å². The van der Waals surface area contributed by atoms with Gasteiger partial charge in [0.15, 0.2) is 0 Å². The van der Waals surface area contributed by atoms with E-state index < -0.39 is 0 Å². The summed E-state index contributed by atoms with van der Waals surface area (Å²) in [4.78, 5) is 12.6. The fourth-order valence-corrected chi connectivity index (χ4v) is 2.69. The van der Waals surface area contributed by atoms with Crippen LogP contribution >= 0.6 is 15.9 Å². The molecule has 5 nitrogen and oxygen atoms in total. The van der Waals surface area contributed by atoms with E-state index in [-0.39, 0.29) is 5.78 Å². The highest BCUT2D eigenvalue weighted by Crippen LogP contribution is 2.23. The minimum Gasteiger partial charge on any atom is -0.285 e. The van der Waals surface area contributed by atoms with E-state index in [0.717, 1.165) is 10.9 Å². The van der Waals surface area contributed by atoms with Gasteiger partial charge < -0.3 is 0 Å². The van der Waals surface area contributed by atoms with Gasteiger partial charge in [0.2, 0.25) is 5.78 Å². The van der Waals surface area contributed by atoms with Crippen molar-refractivity contribution in [3.63, 3.8) is 0 Å². The summed E-state index contributed by atoms with van der Waals surface area (Å²) in [7, 11) is 3.57. The van der Waals surface area contributed by atoms with E-state index in [1.165, 1.54) is 0 Å². The molecular weight excluding hydrogens is 308 g/mol. The molecule has 0 radical (unpaired) electrons. The maximum absolute atomic E-state index is 12.6. The Hall–Kier alpha value is -1.95. The number of aromatic nitrogens is 4. The summed E-state index contributed by atoms with van der Waals surface area (Å²) in [6.45, 7) is 0. The molecule has 0 saturated carbocycles. The van der Waals surface area contributed by atoms with E-state index >= 15 is 0 Å². The number of benzene rings is 1. The average molecular weight is 319 g/mol. The van der Waals surface area contributed by atoms with Crippen LogP contribution in [0.5, 0.6) is 0 Å². The molecule has 3 rings (SSSR count). The fraction of sp³-hybridized carbons (Fsp3) is 0.154. The van der Waals surface area contributed by atoms with Crippen molar-refractivity contribution in [3.05, 3.63) is 46.3 Å². The quantitative estimate of drug-likeness (QED) is 0.681. The van der Waals surface area contributed by atoms with Crippen LogP contribution in [0.15, 0.2) is 34.9 Å². The van der Waals surface area contributed by atoms with Crippen LogP contribution in [0.2, 0.25) is 0 Å². The van der Waals surface area contributed by atoms with Gasteiger partial charge in [-0.3, -0.25) is 14.2 Å². The van der Waals surface area contributed by atoms with Crippen LogP contribution in [0.1, 0.15) is 16.2 Å². The zero-order valence-electron chi connectivity index (χ0n) is 10.5. The SMILES string of the molecule is Cn1ncc(Br)c1C(=O)c1nn(C)c2ccccc12. The zero-order chi connectivity index (χ0) is 13.6. The maximum Gasteiger partial charge on any atom is 0.232 e. The van der Waals surface area contributed by atoms with E-state index in [1.807, 2.05) is 31.3 Å². The molecule has 0 saturated heterocycles. The number of rotatable bonds is 2. The van der Waals surface area contributed by atoms with Gasteiger partial charge in [-0.15, -0.1) is 0 Å². The lowest BCUT2D eigenvalue weighted by Gasteiger charge is -2.00. The standard InChI is InChI=1S/C13H11BrN4O/c1-17-10-6-4-3-5-8(10)11(16-17)13(19)12-9(14)7-15-18(12)2/h3-7H,1-2H3. The molecule has 0 unspecified atom stereocenters. The first-order valence-electron chi connectivity index (χ1n) is 5.73. The van der Waals surface area contributed by atoms with Crippen molar-refractivity contribution >= 4 is 32.6 Å². The number of aryl methyl sites for hydroxylation is 2. The molecule has 96 valence electrons. The number of ketones is 1. The number of hydrogen-bond acceptors (Lipinski definition) is 3. The highest BCUT2D eigenvalue weighted by molar-refractivity contribution is 9.10. The van der Waals surface area contributed by atoms with Crippen LogP contribution in [0.3, 0.4) is 0 Å². The smallest absolute Gasteiger partial charge is 0.232 e. The van der Waals surface area contributed by atoms with Gasteiger partial charge in [0.1, 0.15) is 11.4 Å². The van der Waals surface area contributed by atoms with Gasteiger partial charge in [-0.05, 0) is 22.0 Å². The van der Waals surface area contributed by atoms with Crippen LogP contribution in [-0.2, 0) is 14.1 Å². The molecule has 0 aliphatic heterocycles. The molecule has 0 bridgehead atoms. The third-order valence-corrected chi connectivity index (χ3v) is 3.66. The van der Waals surface area contributed by atoms with Crippen molar-refractivity contribution in [2.75, 3.05) is 0 Å². The van der Waals surface area contributed by atoms with Gasteiger partial charge >= 0.3 is 0 Å². The van der Waals surface area contributed by atoms with Crippen molar-refractivity contribution in [3.8, 4) is 0 Å². The molecule has 2 aromatic heterocycles. The maximum atomic E-state index is 12.6. The second kappa shape index (κ2) is 4.31.